The Morgan fingerprint density at radius 1 is 1.22 bits per heavy atom. The largest absolute Gasteiger partial charge is 0.416 e. The van der Waals surface area contributed by atoms with Crippen LogP contribution in [0.2, 0.25) is 0 Å². The van der Waals surface area contributed by atoms with E-state index in [4.69, 9.17) is 0 Å². The summed E-state index contributed by atoms with van der Waals surface area (Å²) >= 11 is 0. The fourth-order valence-electron chi connectivity index (χ4n) is 1.68. The first kappa shape index (κ1) is 12.4. The Bertz CT molecular complexity index is 557. The Morgan fingerprint density at radius 3 is 2.61 bits per heavy atom. The van der Waals surface area contributed by atoms with Crippen molar-refractivity contribution < 1.29 is 18.0 Å². The second kappa shape index (κ2) is 4.68. The SMILES string of the molecule is O=Cc1ccn(Cc2cccc(C(F)(F)F)c2)c1. The summed E-state index contributed by atoms with van der Waals surface area (Å²) in [6.07, 6.45) is -0.388. The molecule has 0 fully saturated rings. The van der Waals surface area contributed by atoms with Gasteiger partial charge in [-0.05, 0) is 23.8 Å². The van der Waals surface area contributed by atoms with E-state index in [9.17, 15) is 18.0 Å². The lowest BCUT2D eigenvalue weighted by atomic mass is 10.1. The molecule has 0 spiro atoms. The molecular weight excluding hydrogens is 243 g/mol. The van der Waals surface area contributed by atoms with Crippen LogP contribution in [0.1, 0.15) is 21.5 Å². The summed E-state index contributed by atoms with van der Waals surface area (Å²) in [5.41, 5.74) is 0.377. The molecule has 2 nitrogen and oxygen atoms in total. The summed E-state index contributed by atoms with van der Waals surface area (Å²) in [4.78, 5) is 10.5. The van der Waals surface area contributed by atoms with Crippen LogP contribution in [0.25, 0.3) is 0 Å². The number of hydrogen-bond acceptors (Lipinski definition) is 1. The van der Waals surface area contributed by atoms with Crippen molar-refractivity contribution in [2.45, 2.75) is 12.7 Å². The second-order valence-corrected chi connectivity index (χ2v) is 3.93. The highest BCUT2D eigenvalue weighted by Gasteiger charge is 2.30. The van der Waals surface area contributed by atoms with Gasteiger partial charge in [0.05, 0.1) is 5.56 Å². The van der Waals surface area contributed by atoms with Crippen LogP contribution < -0.4 is 0 Å². The minimum atomic E-state index is -4.33. The third-order valence-corrected chi connectivity index (χ3v) is 2.53. The maximum absolute atomic E-state index is 12.5. The van der Waals surface area contributed by atoms with Crippen LogP contribution in [-0.4, -0.2) is 10.9 Å². The van der Waals surface area contributed by atoms with Crippen molar-refractivity contribution in [3.05, 3.63) is 59.4 Å². The van der Waals surface area contributed by atoms with Crippen LogP contribution in [0.4, 0.5) is 13.2 Å². The molecule has 0 N–H and O–H groups in total. The molecule has 0 amide bonds. The average Bonchev–Trinajstić information content (AvgIpc) is 2.76. The third kappa shape index (κ3) is 2.80. The van der Waals surface area contributed by atoms with Crippen molar-refractivity contribution in [2.75, 3.05) is 0 Å². The smallest absolute Gasteiger partial charge is 0.349 e. The van der Waals surface area contributed by atoms with Crippen molar-refractivity contribution in [3.63, 3.8) is 0 Å². The van der Waals surface area contributed by atoms with Crippen molar-refractivity contribution in [3.8, 4) is 0 Å². The molecule has 1 aromatic carbocycles. The lowest BCUT2D eigenvalue weighted by molar-refractivity contribution is -0.137. The third-order valence-electron chi connectivity index (χ3n) is 2.53. The summed E-state index contributed by atoms with van der Waals surface area (Å²) in [5.74, 6) is 0. The highest BCUT2D eigenvalue weighted by Crippen LogP contribution is 2.29. The summed E-state index contributed by atoms with van der Waals surface area (Å²) in [6.45, 7) is 0.303. The van der Waals surface area contributed by atoms with Gasteiger partial charge in [-0.2, -0.15) is 13.2 Å². The normalized spacial score (nSPS) is 11.5. The first-order valence-corrected chi connectivity index (χ1v) is 5.26. The summed E-state index contributed by atoms with van der Waals surface area (Å²) < 4.78 is 39.2. The number of benzene rings is 1. The summed E-state index contributed by atoms with van der Waals surface area (Å²) in [7, 11) is 0. The van der Waals surface area contributed by atoms with Crippen LogP contribution in [0.15, 0.2) is 42.7 Å². The van der Waals surface area contributed by atoms with Gasteiger partial charge in [-0.1, -0.05) is 12.1 Å². The fourth-order valence-corrected chi connectivity index (χ4v) is 1.68. The molecule has 0 saturated carbocycles. The Balaban J connectivity index is 2.21. The number of rotatable bonds is 3. The zero-order chi connectivity index (χ0) is 13.2. The van der Waals surface area contributed by atoms with Gasteiger partial charge in [-0.3, -0.25) is 4.79 Å². The van der Waals surface area contributed by atoms with Gasteiger partial charge in [-0.25, -0.2) is 0 Å². The minimum absolute atomic E-state index is 0.303. The van der Waals surface area contributed by atoms with Gasteiger partial charge in [0, 0.05) is 24.5 Å². The first-order chi connectivity index (χ1) is 8.49. The van der Waals surface area contributed by atoms with E-state index in [1.165, 1.54) is 6.07 Å². The first-order valence-electron chi connectivity index (χ1n) is 5.26. The van der Waals surface area contributed by atoms with Crippen LogP contribution in [0, 0.1) is 0 Å². The quantitative estimate of drug-likeness (QED) is 0.769. The number of hydrogen-bond donors (Lipinski definition) is 0. The molecule has 94 valence electrons. The molecule has 5 heteroatoms. The minimum Gasteiger partial charge on any atom is -0.349 e. The van der Waals surface area contributed by atoms with Crippen LogP contribution in [0.3, 0.4) is 0 Å². The van der Waals surface area contributed by atoms with E-state index in [2.05, 4.69) is 0 Å². The van der Waals surface area contributed by atoms with Crippen molar-refractivity contribution >= 4 is 6.29 Å². The topological polar surface area (TPSA) is 22.0 Å². The molecule has 0 aliphatic carbocycles. The molecule has 18 heavy (non-hydrogen) atoms. The number of carbonyl (C=O) groups excluding carboxylic acids is 1. The van der Waals surface area contributed by atoms with E-state index in [-0.39, 0.29) is 0 Å². The molecule has 2 aromatic rings. The molecule has 0 saturated heterocycles. The Hall–Kier alpha value is -2.04. The predicted octanol–water partition coefficient (Wildman–Crippen LogP) is 3.37. The molecule has 1 aromatic heterocycles. The Morgan fingerprint density at radius 2 is 2.00 bits per heavy atom. The van der Waals surface area contributed by atoms with Crippen molar-refractivity contribution in [1.29, 1.82) is 0 Å². The monoisotopic (exact) mass is 253 g/mol. The lowest BCUT2D eigenvalue weighted by Gasteiger charge is -2.09. The van der Waals surface area contributed by atoms with Gasteiger partial charge in [0.1, 0.15) is 0 Å². The highest BCUT2D eigenvalue weighted by atomic mass is 19.4. The van der Waals surface area contributed by atoms with Gasteiger partial charge < -0.3 is 4.57 Å². The number of halogens is 3. The van der Waals surface area contributed by atoms with Gasteiger partial charge in [0.25, 0.3) is 0 Å². The summed E-state index contributed by atoms with van der Waals surface area (Å²) in [5, 5.41) is 0. The molecular formula is C13H10F3NO. The van der Waals surface area contributed by atoms with E-state index in [0.29, 0.717) is 24.0 Å². The van der Waals surface area contributed by atoms with E-state index in [0.717, 1.165) is 12.1 Å². The number of carbonyl (C=O) groups is 1. The van der Waals surface area contributed by atoms with Crippen molar-refractivity contribution in [1.82, 2.24) is 4.57 Å². The zero-order valence-corrected chi connectivity index (χ0v) is 9.32. The molecule has 0 atom stereocenters. The molecule has 1 heterocycles. The van der Waals surface area contributed by atoms with Crippen molar-refractivity contribution in [2.24, 2.45) is 0 Å². The van der Waals surface area contributed by atoms with Gasteiger partial charge in [0.2, 0.25) is 0 Å². The molecule has 0 radical (unpaired) electrons. The van der Waals surface area contributed by atoms with Gasteiger partial charge >= 0.3 is 6.18 Å². The van der Waals surface area contributed by atoms with E-state index >= 15 is 0 Å². The van der Waals surface area contributed by atoms with E-state index in [1.807, 2.05) is 0 Å². The van der Waals surface area contributed by atoms with Crippen LogP contribution in [0.5, 0.6) is 0 Å². The molecule has 2 rings (SSSR count). The van der Waals surface area contributed by atoms with Gasteiger partial charge in [0.15, 0.2) is 6.29 Å². The highest BCUT2D eigenvalue weighted by molar-refractivity contribution is 5.74. The molecule has 0 unspecified atom stereocenters. The van der Waals surface area contributed by atoms with Gasteiger partial charge in [-0.15, -0.1) is 0 Å². The van der Waals surface area contributed by atoms with Crippen LogP contribution >= 0.6 is 0 Å². The number of aldehydes is 1. The predicted molar refractivity (Wildman–Crippen MR) is 60.4 cm³/mol. The average molecular weight is 253 g/mol. The fraction of sp³-hybridized carbons (Fsp3) is 0.154. The Kier molecular flexibility index (Phi) is 3.23. The number of aromatic nitrogens is 1. The number of alkyl halides is 3. The Labute approximate surface area is 102 Å². The molecule has 0 aliphatic rings. The van der Waals surface area contributed by atoms with E-state index in [1.54, 1.807) is 29.1 Å². The van der Waals surface area contributed by atoms with E-state index < -0.39 is 11.7 Å². The second-order valence-electron chi connectivity index (χ2n) is 3.93. The zero-order valence-electron chi connectivity index (χ0n) is 9.32. The number of nitrogens with zero attached hydrogens (tertiary/aromatic N) is 1. The lowest BCUT2D eigenvalue weighted by Crippen LogP contribution is -2.06. The maximum Gasteiger partial charge on any atom is 0.416 e. The van der Waals surface area contributed by atoms with Crippen LogP contribution in [-0.2, 0) is 12.7 Å². The molecule has 0 bridgehead atoms. The molecule has 0 aliphatic heterocycles. The summed E-state index contributed by atoms with van der Waals surface area (Å²) in [6, 6.07) is 6.76. The standard InChI is InChI=1S/C13H10F3NO/c14-13(15,16)12-3-1-2-10(6-12)7-17-5-4-11(8-17)9-18/h1-6,8-9H,7H2. The maximum atomic E-state index is 12.5.